The molecule has 3 heterocycles. The number of thiazole rings is 1. The molecule has 10 nitrogen and oxygen atoms in total. The Bertz CT molecular complexity index is 1340. The lowest BCUT2D eigenvalue weighted by Gasteiger charge is -2.06. The second kappa shape index (κ2) is 7.80. The van der Waals surface area contributed by atoms with Crippen molar-refractivity contribution in [1.29, 1.82) is 0 Å². The molecular weight excluding hydrogens is 418 g/mol. The van der Waals surface area contributed by atoms with Crippen molar-refractivity contribution in [3.05, 3.63) is 78.3 Å². The van der Waals surface area contributed by atoms with Crippen molar-refractivity contribution < 1.29 is 14.0 Å². The van der Waals surface area contributed by atoms with Gasteiger partial charge in [0, 0.05) is 5.56 Å². The van der Waals surface area contributed by atoms with Gasteiger partial charge in [0.25, 0.3) is 5.91 Å². The number of rotatable bonds is 4. The zero-order valence-corrected chi connectivity index (χ0v) is 16.5. The number of carbonyl (C=O) groups excluding carboxylic acids is 2. The first kappa shape index (κ1) is 18.6. The number of hydrogen-bond acceptors (Lipinski definition) is 8. The van der Waals surface area contributed by atoms with Crippen molar-refractivity contribution in [3.8, 4) is 16.5 Å². The molecule has 3 aromatic heterocycles. The maximum absolute atomic E-state index is 12.3. The van der Waals surface area contributed by atoms with E-state index < -0.39 is 11.8 Å². The lowest BCUT2D eigenvalue weighted by molar-refractivity contribution is 0.0831. The average Bonchev–Trinajstić information content (AvgIpc) is 3.57. The van der Waals surface area contributed by atoms with Crippen LogP contribution in [0.4, 0.5) is 0 Å². The van der Waals surface area contributed by atoms with Crippen LogP contribution in [0.25, 0.3) is 26.7 Å². The van der Waals surface area contributed by atoms with Gasteiger partial charge in [0.1, 0.15) is 6.33 Å². The molecule has 0 aliphatic heterocycles. The van der Waals surface area contributed by atoms with Gasteiger partial charge in [-0.3, -0.25) is 20.4 Å². The quantitative estimate of drug-likeness (QED) is 0.419. The highest BCUT2D eigenvalue weighted by Gasteiger charge is 2.16. The summed E-state index contributed by atoms with van der Waals surface area (Å²) >= 11 is 1.47. The van der Waals surface area contributed by atoms with E-state index in [-0.39, 0.29) is 5.76 Å². The molecule has 0 saturated heterocycles. The molecule has 11 heteroatoms. The predicted molar refractivity (Wildman–Crippen MR) is 111 cm³/mol. The number of aromatic nitrogens is 5. The third kappa shape index (κ3) is 3.76. The molecule has 0 saturated carbocycles. The molecule has 2 aromatic carbocycles. The molecular formula is C20H13N7O3S. The van der Waals surface area contributed by atoms with Gasteiger partial charge >= 0.3 is 5.91 Å². The number of hydrazine groups is 1. The number of amides is 2. The number of carbonyl (C=O) groups is 2. The number of benzene rings is 2. The molecule has 0 unspecified atom stereocenters. The SMILES string of the molecule is O=C(NNC(=O)c1ccc(-c2nc3ccccc3s2)o1)c1ccc(-n2cnnn2)cc1. The van der Waals surface area contributed by atoms with Crippen LogP contribution in [-0.2, 0) is 0 Å². The summed E-state index contributed by atoms with van der Waals surface area (Å²) in [4.78, 5) is 29.1. The third-order valence-electron chi connectivity index (χ3n) is 4.37. The van der Waals surface area contributed by atoms with Gasteiger partial charge in [-0.15, -0.1) is 16.4 Å². The zero-order chi connectivity index (χ0) is 21.2. The molecule has 0 atom stereocenters. The molecule has 2 amide bonds. The number of nitrogens with zero attached hydrogens (tertiary/aromatic N) is 5. The number of tetrazole rings is 1. The first-order valence-corrected chi connectivity index (χ1v) is 9.89. The summed E-state index contributed by atoms with van der Waals surface area (Å²) in [5, 5.41) is 11.6. The van der Waals surface area contributed by atoms with Crippen molar-refractivity contribution >= 4 is 33.4 Å². The molecule has 0 aliphatic rings. The largest absolute Gasteiger partial charge is 0.448 e. The summed E-state index contributed by atoms with van der Waals surface area (Å²) in [5.41, 5.74) is 6.62. The molecule has 5 rings (SSSR count). The van der Waals surface area contributed by atoms with Gasteiger partial charge in [0.15, 0.2) is 16.5 Å². The number of fused-ring (bicyclic) bond motifs is 1. The van der Waals surface area contributed by atoms with Crippen LogP contribution < -0.4 is 10.9 Å². The Hall–Kier alpha value is -4.38. The standard InChI is InChI=1S/C20H13N7O3S/c28-18(12-5-7-13(8-6-12)27-11-21-25-26-27)23-24-19(29)15-9-10-16(30-15)20-22-14-3-1-2-4-17(14)31-20/h1-11H,(H,23,28)(H,24,29). The molecule has 0 aliphatic carbocycles. The van der Waals surface area contributed by atoms with Crippen LogP contribution in [0.15, 0.2) is 71.4 Å². The minimum Gasteiger partial charge on any atom is -0.448 e. The summed E-state index contributed by atoms with van der Waals surface area (Å²) < 4.78 is 8.11. The van der Waals surface area contributed by atoms with E-state index in [9.17, 15) is 9.59 Å². The summed E-state index contributed by atoms with van der Waals surface area (Å²) in [5.74, 6) is -0.514. The summed E-state index contributed by atoms with van der Waals surface area (Å²) in [7, 11) is 0. The fraction of sp³-hybridized carbons (Fsp3) is 0. The van der Waals surface area contributed by atoms with Gasteiger partial charge in [-0.2, -0.15) is 0 Å². The lowest BCUT2D eigenvalue weighted by Crippen LogP contribution is -2.41. The number of para-hydroxylation sites is 1. The topological polar surface area (TPSA) is 128 Å². The minimum absolute atomic E-state index is 0.0589. The number of hydrogen-bond donors (Lipinski definition) is 2. The summed E-state index contributed by atoms with van der Waals surface area (Å²) in [6, 6.07) is 17.5. The fourth-order valence-electron chi connectivity index (χ4n) is 2.84. The van der Waals surface area contributed by atoms with Crippen molar-refractivity contribution in [2.75, 3.05) is 0 Å². The Morgan fingerprint density at radius 1 is 0.935 bits per heavy atom. The van der Waals surface area contributed by atoms with E-state index in [1.807, 2.05) is 24.3 Å². The van der Waals surface area contributed by atoms with Crippen LogP contribution in [0, 0.1) is 0 Å². The van der Waals surface area contributed by atoms with Crippen LogP contribution in [0.5, 0.6) is 0 Å². The number of nitrogens with one attached hydrogen (secondary N) is 2. The normalized spacial score (nSPS) is 10.8. The third-order valence-corrected chi connectivity index (χ3v) is 5.42. The first-order chi connectivity index (χ1) is 15.2. The zero-order valence-electron chi connectivity index (χ0n) is 15.7. The van der Waals surface area contributed by atoms with Crippen molar-refractivity contribution in [2.45, 2.75) is 0 Å². The molecule has 0 fully saturated rings. The van der Waals surface area contributed by atoms with Crippen LogP contribution in [0.2, 0.25) is 0 Å². The van der Waals surface area contributed by atoms with Crippen molar-refractivity contribution in [1.82, 2.24) is 36.0 Å². The van der Waals surface area contributed by atoms with Gasteiger partial charge in [-0.1, -0.05) is 12.1 Å². The average molecular weight is 431 g/mol. The van der Waals surface area contributed by atoms with Gasteiger partial charge in [0.05, 0.1) is 15.9 Å². The Labute approximate surface area is 178 Å². The molecule has 152 valence electrons. The van der Waals surface area contributed by atoms with E-state index in [0.717, 1.165) is 10.2 Å². The van der Waals surface area contributed by atoms with Crippen molar-refractivity contribution in [3.63, 3.8) is 0 Å². The van der Waals surface area contributed by atoms with E-state index in [1.165, 1.54) is 28.4 Å². The van der Waals surface area contributed by atoms with Gasteiger partial charge in [0.2, 0.25) is 0 Å². The molecule has 2 N–H and O–H groups in total. The van der Waals surface area contributed by atoms with Crippen LogP contribution in [0.1, 0.15) is 20.9 Å². The molecule has 0 bridgehead atoms. The summed E-state index contributed by atoms with van der Waals surface area (Å²) in [6.07, 6.45) is 1.45. The Kier molecular flexibility index (Phi) is 4.69. The Balaban J connectivity index is 1.23. The first-order valence-electron chi connectivity index (χ1n) is 9.07. The molecule has 0 radical (unpaired) electrons. The lowest BCUT2D eigenvalue weighted by atomic mass is 10.2. The van der Waals surface area contributed by atoms with E-state index >= 15 is 0 Å². The maximum atomic E-state index is 12.3. The smallest absolute Gasteiger partial charge is 0.305 e. The van der Waals surface area contributed by atoms with E-state index in [0.29, 0.717) is 22.0 Å². The minimum atomic E-state index is -0.578. The highest BCUT2D eigenvalue weighted by molar-refractivity contribution is 7.21. The van der Waals surface area contributed by atoms with E-state index in [4.69, 9.17) is 4.42 Å². The monoisotopic (exact) mass is 431 g/mol. The second-order valence-corrected chi connectivity index (χ2v) is 7.39. The van der Waals surface area contributed by atoms with E-state index in [2.05, 4.69) is 31.4 Å². The van der Waals surface area contributed by atoms with Gasteiger partial charge in [-0.25, -0.2) is 9.67 Å². The Morgan fingerprint density at radius 2 is 1.74 bits per heavy atom. The van der Waals surface area contributed by atoms with Gasteiger partial charge < -0.3 is 4.42 Å². The molecule has 5 aromatic rings. The fourth-order valence-corrected chi connectivity index (χ4v) is 3.77. The highest BCUT2D eigenvalue weighted by atomic mass is 32.1. The summed E-state index contributed by atoms with van der Waals surface area (Å²) in [6.45, 7) is 0. The molecule has 0 spiro atoms. The van der Waals surface area contributed by atoms with E-state index in [1.54, 1.807) is 30.3 Å². The van der Waals surface area contributed by atoms with Crippen LogP contribution in [0.3, 0.4) is 0 Å². The predicted octanol–water partition coefficient (Wildman–Crippen LogP) is 2.61. The van der Waals surface area contributed by atoms with Crippen LogP contribution >= 0.6 is 11.3 Å². The second-order valence-electron chi connectivity index (χ2n) is 6.36. The van der Waals surface area contributed by atoms with Gasteiger partial charge in [-0.05, 0) is 59.0 Å². The van der Waals surface area contributed by atoms with Crippen molar-refractivity contribution in [2.24, 2.45) is 0 Å². The molecule has 31 heavy (non-hydrogen) atoms. The maximum Gasteiger partial charge on any atom is 0.305 e. The van der Waals surface area contributed by atoms with Crippen LogP contribution in [-0.4, -0.2) is 37.0 Å². The highest BCUT2D eigenvalue weighted by Crippen LogP contribution is 2.31. The number of furan rings is 1. The Morgan fingerprint density at radius 3 is 2.52 bits per heavy atom.